The molecule has 0 aliphatic rings. The minimum Gasteiger partial charge on any atom is -0.352 e. The van der Waals surface area contributed by atoms with Gasteiger partial charge in [-0.15, -0.1) is 0 Å². The smallest absolute Gasteiger partial charge is 0.223 e. The molecular formula is C13H17Cl2NO. The summed E-state index contributed by atoms with van der Waals surface area (Å²) in [6, 6.07) is 5.28. The van der Waals surface area contributed by atoms with Crippen molar-refractivity contribution in [2.75, 3.05) is 0 Å². The molecule has 0 aliphatic heterocycles. The van der Waals surface area contributed by atoms with Crippen molar-refractivity contribution in [3.63, 3.8) is 0 Å². The number of halogens is 2. The minimum atomic E-state index is 0.0473. The van der Waals surface area contributed by atoms with Gasteiger partial charge >= 0.3 is 0 Å². The summed E-state index contributed by atoms with van der Waals surface area (Å²) in [5.74, 6) is 0.115. The zero-order valence-corrected chi connectivity index (χ0v) is 11.6. The van der Waals surface area contributed by atoms with Crippen LogP contribution in [0.3, 0.4) is 0 Å². The summed E-state index contributed by atoms with van der Waals surface area (Å²) in [6.07, 6.45) is 1.91. The van der Waals surface area contributed by atoms with E-state index in [4.69, 9.17) is 23.2 Å². The van der Waals surface area contributed by atoms with E-state index in [1.54, 1.807) is 12.1 Å². The lowest BCUT2D eigenvalue weighted by molar-refractivity contribution is -0.124. The topological polar surface area (TPSA) is 29.1 Å². The Kier molecular flexibility index (Phi) is 5.79. The lowest BCUT2D eigenvalue weighted by Gasteiger charge is -2.11. The Morgan fingerprint density at radius 1 is 1.41 bits per heavy atom. The van der Waals surface area contributed by atoms with Gasteiger partial charge in [0.2, 0.25) is 5.91 Å². The second-order valence-corrected chi connectivity index (χ2v) is 4.99. The fourth-order valence-electron chi connectivity index (χ4n) is 1.59. The van der Waals surface area contributed by atoms with Crippen LogP contribution in [0, 0.1) is 5.92 Å². The lowest BCUT2D eigenvalue weighted by Crippen LogP contribution is -2.28. The normalized spacial score (nSPS) is 12.2. The molecule has 1 unspecified atom stereocenters. The average molecular weight is 274 g/mol. The van der Waals surface area contributed by atoms with E-state index in [9.17, 15) is 4.79 Å². The van der Waals surface area contributed by atoms with E-state index in [0.29, 0.717) is 16.6 Å². The molecule has 1 atom stereocenters. The molecule has 0 bridgehead atoms. The Hall–Kier alpha value is -0.730. The van der Waals surface area contributed by atoms with Crippen LogP contribution in [0.4, 0.5) is 0 Å². The predicted molar refractivity (Wildman–Crippen MR) is 72.4 cm³/mol. The fraction of sp³-hybridized carbons (Fsp3) is 0.462. The molecule has 0 aliphatic carbocycles. The highest BCUT2D eigenvalue weighted by atomic mass is 35.5. The van der Waals surface area contributed by atoms with Crippen LogP contribution in [0.15, 0.2) is 18.2 Å². The van der Waals surface area contributed by atoms with Crippen molar-refractivity contribution in [3.8, 4) is 0 Å². The Morgan fingerprint density at radius 2 is 2.12 bits per heavy atom. The van der Waals surface area contributed by atoms with Gasteiger partial charge in [-0.1, -0.05) is 49.5 Å². The van der Waals surface area contributed by atoms with E-state index in [-0.39, 0.29) is 11.8 Å². The van der Waals surface area contributed by atoms with Crippen LogP contribution in [-0.2, 0) is 11.3 Å². The summed E-state index contributed by atoms with van der Waals surface area (Å²) in [6.45, 7) is 4.45. The van der Waals surface area contributed by atoms with Crippen molar-refractivity contribution < 1.29 is 4.79 Å². The highest BCUT2D eigenvalue weighted by Crippen LogP contribution is 2.20. The second kappa shape index (κ2) is 6.87. The molecule has 94 valence electrons. The molecular weight excluding hydrogens is 257 g/mol. The highest BCUT2D eigenvalue weighted by molar-refractivity contribution is 6.35. The van der Waals surface area contributed by atoms with Crippen LogP contribution in [0.1, 0.15) is 32.3 Å². The number of amides is 1. The van der Waals surface area contributed by atoms with Gasteiger partial charge in [-0.3, -0.25) is 4.79 Å². The fourth-order valence-corrected chi connectivity index (χ4v) is 2.06. The second-order valence-electron chi connectivity index (χ2n) is 4.14. The van der Waals surface area contributed by atoms with Crippen LogP contribution in [0.5, 0.6) is 0 Å². The Morgan fingerprint density at radius 3 is 2.71 bits per heavy atom. The molecule has 1 N–H and O–H groups in total. The molecule has 0 aromatic heterocycles. The lowest BCUT2D eigenvalue weighted by atomic mass is 10.1. The molecule has 0 spiro atoms. The van der Waals surface area contributed by atoms with Gasteiger partial charge in [0.25, 0.3) is 0 Å². The zero-order chi connectivity index (χ0) is 12.8. The molecule has 17 heavy (non-hydrogen) atoms. The first-order valence-electron chi connectivity index (χ1n) is 5.76. The third kappa shape index (κ3) is 4.57. The molecule has 0 saturated carbocycles. The quantitative estimate of drug-likeness (QED) is 0.862. The molecule has 0 fully saturated rings. The molecule has 0 radical (unpaired) electrons. The van der Waals surface area contributed by atoms with E-state index in [1.807, 2.05) is 13.0 Å². The van der Waals surface area contributed by atoms with Crippen molar-refractivity contribution in [2.24, 2.45) is 5.92 Å². The van der Waals surface area contributed by atoms with Crippen LogP contribution in [0.2, 0.25) is 10.0 Å². The molecule has 2 nitrogen and oxygen atoms in total. The molecule has 0 heterocycles. The monoisotopic (exact) mass is 273 g/mol. The van der Waals surface area contributed by atoms with E-state index in [0.717, 1.165) is 18.4 Å². The highest BCUT2D eigenvalue weighted by Gasteiger charge is 2.11. The largest absolute Gasteiger partial charge is 0.352 e. The zero-order valence-electron chi connectivity index (χ0n) is 10.1. The number of benzene rings is 1. The summed E-state index contributed by atoms with van der Waals surface area (Å²) in [5.41, 5.74) is 0.883. The van der Waals surface area contributed by atoms with Gasteiger partial charge in [-0.25, -0.2) is 0 Å². The van der Waals surface area contributed by atoms with Gasteiger partial charge in [0.05, 0.1) is 0 Å². The first-order valence-corrected chi connectivity index (χ1v) is 6.51. The Bertz CT molecular complexity index is 393. The number of nitrogens with one attached hydrogen (secondary N) is 1. The van der Waals surface area contributed by atoms with Crippen LogP contribution >= 0.6 is 23.2 Å². The van der Waals surface area contributed by atoms with Gasteiger partial charge < -0.3 is 5.32 Å². The van der Waals surface area contributed by atoms with Gasteiger partial charge in [0.15, 0.2) is 0 Å². The average Bonchev–Trinajstić information content (AvgIpc) is 2.27. The number of rotatable bonds is 5. The van der Waals surface area contributed by atoms with Gasteiger partial charge in [0, 0.05) is 22.5 Å². The van der Waals surface area contributed by atoms with Crippen molar-refractivity contribution >= 4 is 29.1 Å². The Balaban J connectivity index is 2.53. The summed E-state index contributed by atoms with van der Waals surface area (Å²) in [4.78, 5) is 11.7. The van der Waals surface area contributed by atoms with Gasteiger partial charge in [0.1, 0.15) is 0 Å². The third-order valence-corrected chi connectivity index (χ3v) is 3.22. The molecule has 1 aromatic carbocycles. The first-order chi connectivity index (χ1) is 8.04. The molecule has 0 saturated heterocycles. The summed E-state index contributed by atoms with van der Waals surface area (Å²) < 4.78 is 0. The number of carbonyl (C=O) groups excluding carboxylic acids is 1. The first kappa shape index (κ1) is 14.3. The molecule has 4 heteroatoms. The number of hydrogen-bond acceptors (Lipinski definition) is 1. The maximum Gasteiger partial charge on any atom is 0.223 e. The van der Waals surface area contributed by atoms with Crippen molar-refractivity contribution in [1.29, 1.82) is 0 Å². The molecule has 1 amide bonds. The maximum atomic E-state index is 11.7. The van der Waals surface area contributed by atoms with E-state index in [2.05, 4.69) is 12.2 Å². The predicted octanol–water partition coefficient (Wildman–Crippen LogP) is 4.05. The minimum absolute atomic E-state index is 0.0473. The van der Waals surface area contributed by atoms with Crippen molar-refractivity contribution in [2.45, 2.75) is 33.2 Å². The Labute approximate surface area is 112 Å². The van der Waals surface area contributed by atoms with Gasteiger partial charge in [-0.05, 0) is 24.1 Å². The van der Waals surface area contributed by atoms with Gasteiger partial charge in [-0.2, -0.15) is 0 Å². The maximum absolute atomic E-state index is 11.7. The van der Waals surface area contributed by atoms with E-state index < -0.39 is 0 Å². The SMILES string of the molecule is CCCC(C)C(=O)NCc1ccc(Cl)cc1Cl. The van der Waals surface area contributed by atoms with Crippen LogP contribution < -0.4 is 5.32 Å². The van der Waals surface area contributed by atoms with Crippen LogP contribution in [-0.4, -0.2) is 5.91 Å². The summed E-state index contributed by atoms with van der Waals surface area (Å²) in [7, 11) is 0. The number of carbonyl (C=O) groups is 1. The van der Waals surface area contributed by atoms with Crippen LogP contribution in [0.25, 0.3) is 0 Å². The van der Waals surface area contributed by atoms with Crippen molar-refractivity contribution in [3.05, 3.63) is 33.8 Å². The molecule has 1 aromatic rings. The van der Waals surface area contributed by atoms with E-state index in [1.165, 1.54) is 0 Å². The standard InChI is InChI=1S/C13H17Cl2NO/c1-3-4-9(2)13(17)16-8-10-5-6-11(14)7-12(10)15/h5-7,9H,3-4,8H2,1-2H3,(H,16,17). The third-order valence-electron chi connectivity index (χ3n) is 2.64. The molecule has 1 rings (SSSR count). The summed E-state index contributed by atoms with van der Waals surface area (Å²) >= 11 is 11.8. The number of hydrogen-bond donors (Lipinski definition) is 1. The van der Waals surface area contributed by atoms with E-state index >= 15 is 0 Å². The summed E-state index contributed by atoms with van der Waals surface area (Å²) in [5, 5.41) is 4.06. The van der Waals surface area contributed by atoms with Crippen molar-refractivity contribution in [1.82, 2.24) is 5.32 Å².